The van der Waals surface area contributed by atoms with Gasteiger partial charge >= 0.3 is 0 Å². The van der Waals surface area contributed by atoms with E-state index in [1.807, 2.05) is 43.9 Å². The number of rotatable bonds is 6. The molecule has 0 radical (unpaired) electrons. The van der Waals surface area contributed by atoms with E-state index in [1.165, 1.54) is 0 Å². The van der Waals surface area contributed by atoms with E-state index in [0.717, 1.165) is 35.5 Å². The van der Waals surface area contributed by atoms with Crippen molar-refractivity contribution < 1.29 is 8.42 Å². The maximum atomic E-state index is 13.0. The number of hydrogen-bond acceptors (Lipinski definition) is 4. The number of aryl methyl sites for hydroxylation is 1. The average molecular weight is 329 g/mol. The van der Waals surface area contributed by atoms with Crippen LogP contribution in [0.4, 0.5) is 0 Å². The predicted octanol–water partition coefficient (Wildman–Crippen LogP) is 2.09. The highest BCUT2D eigenvalue weighted by molar-refractivity contribution is 7.99. The number of sulfonamides is 1. The largest absolute Gasteiger partial charge is 0.316 e. The van der Waals surface area contributed by atoms with E-state index in [-0.39, 0.29) is 6.04 Å². The molecule has 0 amide bonds. The summed E-state index contributed by atoms with van der Waals surface area (Å²) in [6.45, 7) is 2.67. The van der Waals surface area contributed by atoms with Crippen molar-refractivity contribution in [1.29, 1.82) is 0 Å². The van der Waals surface area contributed by atoms with Crippen molar-refractivity contribution in [3.05, 3.63) is 29.3 Å². The van der Waals surface area contributed by atoms with Crippen molar-refractivity contribution in [1.82, 2.24) is 9.62 Å². The van der Waals surface area contributed by atoms with Gasteiger partial charge in [-0.05, 0) is 42.8 Å². The van der Waals surface area contributed by atoms with E-state index in [4.69, 9.17) is 0 Å². The first kappa shape index (κ1) is 16.8. The molecule has 0 aromatic heterocycles. The lowest BCUT2D eigenvalue weighted by Crippen LogP contribution is -2.37. The summed E-state index contributed by atoms with van der Waals surface area (Å²) in [4.78, 5) is 0.470. The molecule has 0 bridgehead atoms. The first-order chi connectivity index (χ1) is 10.0. The molecule has 0 spiro atoms. The number of hydrogen-bond donors (Lipinski definition) is 1. The Kier molecular flexibility index (Phi) is 5.71. The molecule has 4 nitrogen and oxygen atoms in total. The normalized spacial score (nSPS) is 19.3. The van der Waals surface area contributed by atoms with Crippen LogP contribution in [0.25, 0.3) is 0 Å². The van der Waals surface area contributed by atoms with Crippen LogP contribution in [-0.2, 0) is 23.0 Å². The molecule has 1 aromatic rings. The summed E-state index contributed by atoms with van der Waals surface area (Å²) in [5.41, 5.74) is 1.90. The van der Waals surface area contributed by atoms with Crippen LogP contribution in [0, 0.1) is 0 Å². The van der Waals surface area contributed by atoms with Crippen molar-refractivity contribution in [3.8, 4) is 0 Å². The van der Waals surface area contributed by atoms with Gasteiger partial charge in [-0.2, -0.15) is 16.1 Å². The van der Waals surface area contributed by atoms with Gasteiger partial charge < -0.3 is 5.32 Å². The molecule has 1 aromatic carbocycles. The van der Waals surface area contributed by atoms with Gasteiger partial charge in [-0.15, -0.1) is 0 Å². The van der Waals surface area contributed by atoms with Gasteiger partial charge in [-0.25, -0.2) is 8.42 Å². The standard InChI is InChI=1S/C15H24N2O2S2/c1-4-13-6-5-12(10-16-2)9-15(13)21(18,19)17(3)14-7-8-20-11-14/h5-6,9,14,16H,4,7-8,10-11H2,1-3H3. The Balaban J connectivity index is 2.39. The van der Waals surface area contributed by atoms with Crippen LogP contribution in [0.5, 0.6) is 0 Å². The third-order valence-corrected chi connectivity index (χ3v) is 7.11. The molecular weight excluding hydrogens is 304 g/mol. The highest BCUT2D eigenvalue weighted by Crippen LogP contribution is 2.28. The van der Waals surface area contributed by atoms with E-state index < -0.39 is 10.0 Å². The summed E-state index contributed by atoms with van der Waals surface area (Å²) in [6, 6.07) is 5.89. The van der Waals surface area contributed by atoms with Gasteiger partial charge in [0, 0.05) is 25.4 Å². The summed E-state index contributed by atoms with van der Waals surface area (Å²) in [5, 5.41) is 3.07. The monoisotopic (exact) mass is 328 g/mol. The fourth-order valence-electron chi connectivity index (χ4n) is 2.61. The van der Waals surface area contributed by atoms with Crippen molar-refractivity contribution in [2.75, 3.05) is 25.6 Å². The van der Waals surface area contributed by atoms with E-state index in [1.54, 1.807) is 11.4 Å². The van der Waals surface area contributed by atoms with Crippen LogP contribution in [0.2, 0.25) is 0 Å². The molecule has 1 fully saturated rings. The van der Waals surface area contributed by atoms with Crippen LogP contribution < -0.4 is 5.32 Å². The van der Waals surface area contributed by atoms with Crippen LogP contribution in [0.1, 0.15) is 24.5 Å². The van der Waals surface area contributed by atoms with Crippen LogP contribution in [0.15, 0.2) is 23.1 Å². The van der Waals surface area contributed by atoms with Crippen molar-refractivity contribution in [2.24, 2.45) is 0 Å². The van der Waals surface area contributed by atoms with Crippen molar-refractivity contribution in [2.45, 2.75) is 37.2 Å². The van der Waals surface area contributed by atoms with Gasteiger partial charge in [-0.1, -0.05) is 19.1 Å². The number of nitrogens with one attached hydrogen (secondary N) is 1. The second-order valence-corrected chi connectivity index (χ2v) is 8.48. The molecule has 1 N–H and O–H groups in total. The minimum atomic E-state index is -3.41. The van der Waals surface area contributed by atoms with Crippen molar-refractivity contribution >= 4 is 21.8 Å². The van der Waals surface area contributed by atoms with Crippen LogP contribution >= 0.6 is 11.8 Å². The summed E-state index contributed by atoms with van der Waals surface area (Å²) < 4.78 is 27.5. The second-order valence-electron chi connectivity index (χ2n) is 5.36. The van der Waals surface area contributed by atoms with Gasteiger partial charge in [0.25, 0.3) is 0 Å². The van der Waals surface area contributed by atoms with Gasteiger partial charge in [0.2, 0.25) is 10.0 Å². The smallest absolute Gasteiger partial charge is 0.243 e. The SMILES string of the molecule is CCc1ccc(CNC)cc1S(=O)(=O)N(C)C1CCSC1. The Morgan fingerprint density at radius 2 is 2.19 bits per heavy atom. The zero-order valence-electron chi connectivity index (χ0n) is 12.9. The van der Waals surface area contributed by atoms with Crippen LogP contribution in [-0.4, -0.2) is 44.4 Å². The molecule has 6 heteroatoms. The predicted molar refractivity (Wildman–Crippen MR) is 89.3 cm³/mol. The lowest BCUT2D eigenvalue weighted by Gasteiger charge is -2.24. The zero-order chi connectivity index (χ0) is 15.5. The quantitative estimate of drug-likeness (QED) is 0.869. The average Bonchev–Trinajstić information content (AvgIpc) is 3.00. The van der Waals surface area contributed by atoms with Gasteiger partial charge in [-0.3, -0.25) is 0 Å². The molecule has 1 unspecified atom stereocenters. The zero-order valence-corrected chi connectivity index (χ0v) is 14.6. The third kappa shape index (κ3) is 3.62. The molecule has 2 rings (SSSR count). The van der Waals surface area contributed by atoms with E-state index >= 15 is 0 Å². The lowest BCUT2D eigenvalue weighted by atomic mass is 10.1. The molecule has 1 heterocycles. The Morgan fingerprint density at radius 1 is 1.43 bits per heavy atom. The van der Waals surface area contributed by atoms with Crippen LogP contribution in [0.3, 0.4) is 0 Å². The summed E-state index contributed by atoms with van der Waals surface area (Å²) in [6.07, 6.45) is 1.67. The van der Waals surface area contributed by atoms with Gasteiger partial charge in [0.05, 0.1) is 4.90 Å². The van der Waals surface area contributed by atoms with Crippen molar-refractivity contribution in [3.63, 3.8) is 0 Å². The molecule has 1 atom stereocenters. The Bertz CT molecular complexity index is 581. The number of nitrogens with zero attached hydrogens (tertiary/aromatic N) is 1. The first-order valence-electron chi connectivity index (χ1n) is 7.33. The van der Waals surface area contributed by atoms with E-state index in [0.29, 0.717) is 11.4 Å². The topological polar surface area (TPSA) is 49.4 Å². The minimum absolute atomic E-state index is 0.123. The maximum Gasteiger partial charge on any atom is 0.243 e. The molecular formula is C15H24N2O2S2. The lowest BCUT2D eigenvalue weighted by molar-refractivity contribution is 0.394. The number of thioether (sulfide) groups is 1. The first-order valence-corrected chi connectivity index (χ1v) is 9.92. The summed E-state index contributed by atoms with van der Waals surface area (Å²) >= 11 is 1.83. The summed E-state index contributed by atoms with van der Waals surface area (Å²) in [7, 11) is 0.169. The molecule has 21 heavy (non-hydrogen) atoms. The van der Waals surface area contributed by atoms with Gasteiger partial charge in [0.1, 0.15) is 0 Å². The third-order valence-electron chi connectivity index (χ3n) is 3.97. The molecule has 1 aliphatic heterocycles. The maximum absolute atomic E-state index is 13.0. The molecule has 118 valence electrons. The van der Waals surface area contributed by atoms with Gasteiger partial charge in [0.15, 0.2) is 0 Å². The highest BCUT2D eigenvalue weighted by Gasteiger charge is 2.31. The number of benzene rings is 1. The minimum Gasteiger partial charge on any atom is -0.316 e. The fraction of sp³-hybridized carbons (Fsp3) is 0.600. The van der Waals surface area contributed by atoms with E-state index in [9.17, 15) is 8.42 Å². The molecule has 1 aliphatic rings. The molecule has 0 saturated carbocycles. The Morgan fingerprint density at radius 3 is 2.76 bits per heavy atom. The fourth-order valence-corrected chi connectivity index (χ4v) is 5.69. The van der Waals surface area contributed by atoms with E-state index in [2.05, 4.69) is 5.32 Å². The second kappa shape index (κ2) is 7.13. The molecule has 0 aliphatic carbocycles. The molecule has 1 saturated heterocycles. The Labute approximate surface area is 132 Å². The summed E-state index contributed by atoms with van der Waals surface area (Å²) in [5.74, 6) is 1.94. The Hall–Kier alpha value is -0.560. The highest BCUT2D eigenvalue weighted by atomic mass is 32.2.